The minimum absolute atomic E-state index is 0.0568. The third-order valence-electron chi connectivity index (χ3n) is 6.48. The molecule has 1 aliphatic heterocycles. The summed E-state index contributed by atoms with van der Waals surface area (Å²) in [6.07, 6.45) is 7.70. The van der Waals surface area contributed by atoms with E-state index in [2.05, 4.69) is 44.7 Å². The van der Waals surface area contributed by atoms with E-state index in [1.807, 2.05) is 6.08 Å². The summed E-state index contributed by atoms with van der Waals surface area (Å²) < 4.78 is 5.79. The van der Waals surface area contributed by atoms with Gasteiger partial charge in [0.2, 0.25) is 0 Å². The predicted octanol–water partition coefficient (Wildman–Crippen LogP) is 5.08. The summed E-state index contributed by atoms with van der Waals surface area (Å²) in [4.78, 5) is 12.5. The quantitative estimate of drug-likeness (QED) is 0.409. The summed E-state index contributed by atoms with van der Waals surface area (Å²) in [5.41, 5.74) is 4.83. The molecule has 1 saturated heterocycles. The lowest BCUT2D eigenvalue weighted by atomic mass is 9.56. The minimum atomic E-state index is -0.113. The second-order valence-corrected chi connectivity index (χ2v) is 8.22. The Morgan fingerprint density at radius 1 is 1.29 bits per heavy atom. The van der Waals surface area contributed by atoms with Crippen LogP contribution >= 0.6 is 0 Å². The molecule has 1 aromatic rings. The molecule has 24 heavy (non-hydrogen) atoms. The van der Waals surface area contributed by atoms with E-state index in [1.165, 1.54) is 24.0 Å². The Balaban J connectivity index is 1.65. The third-order valence-corrected chi connectivity index (χ3v) is 6.48. The van der Waals surface area contributed by atoms with Gasteiger partial charge in [0, 0.05) is 11.5 Å². The molecule has 4 rings (SSSR count). The van der Waals surface area contributed by atoms with Gasteiger partial charge in [-0.25, -0.2) is 4.79 Å². The summed E-state index contributed by atoms with van der Waals surface area (Å²) in [5.74, 6) is 0.647. The lowest BCUT2D eigenvalue weighted by Gasteiger charge is -2.49. The van der Waals surface area contributed by atoms with E-state index in [0.717, 1.165) is 30.4 Å². The number of fused-ring (bicyclic) bond motifs is 2. The highest BCUT2D eigenvalue weighted by molar-refractivity contribution is 5.96. The van der Waals surface area contributed by atoms with Crippen molar-refractivity contribution in [1.82, 2.24) is 0 Å². The van der Waals surface area contributed by atoms with Crippen LogP contribution in [0, 0.1) is 24.2 Å². The molecule has 0 spiro atoms. The average Bonchev–Trinajstić information content (AvgIpc) is 2.82. The van der Waals surface area contributed by atoms with E-state index < -0.39 is 0 Å². The molecule has 1 heterocycles. The van der Waals surface area contributed by atoms with Gasteiger partial charge in [0.1, 0.15) is 6.10 Å². The van der Waals surface area contributed by atoms with Crippen molar-refractivity contribution >= 4 is 12.0 Å². The molecule has 2 nitrogen and oxygen atoms in total. The zero-order valence-electron chi connectivity index (χ0n) is 14.7. The topological polar surface area (TPSA) is 26.3 Å². The van der Waals surface area contributed by atoms with Crippen LogP contribution in [0.15, 0.2) is 42.0 Å². The van der Waals surface area contributed by atoms with Crippen LogP contribution in [0.3, 0.4) is 0 Å². The summed E-state index contributed by atoms with van der Waals surface area (Å²) in [6, 6.07) is 8.33. The van der Waals surface area contributed by atoms with Crippen molar-refractivity contribution in [1.29, 1.82) is 0 Å². The number of aryl methyl sites for hydroxylation is 1. The molecule has 2 aliphatic carbocycles. The van der Waals surface area contributed by atoms with Crippen molar-refractivity contribution in [2.75, 3.05) is 0 Å². The Labute approximate surface area is 144 Å². The first-order valence-corrected chi connectivity index (χ1v) is 9.13. The number of esters is 1. The van der Waals surface area contributed by atoms with Gasteiger partial charge in [0.05, 0.1) is 0 Å². The van der Waals surface area contributed by atoms with E-state index in [4.69, 9.17) is 4.74 Å². The van der Waals surface area contributed by atoms with Crippen LogP contribution < -0.4 is 0 Å². The molecule has 2 heteroatoms. The average molecular weight is 322 g/mol. The zero-order chi connectivity index (χ0) is 16.9. The molecule has 0 radical (unpaired) electrons. The van der Waals surface area contributed by atoms with Gasteiger partial charge in [0.15, 0.2) is 0 Å². The van der Waals surface area contributed by atoms with E-state index in [1.54, 1.807) is 0 Å². The number of hydrogen-bond donors (Lipinski definition) is 0. The van der Waals surface area contributed by atoms with Gasteiger partial charge in [0.25, 0.3) is 0 Å². The number of hydrogen-bond acceptors (Lipinski definition) is 2. The smallest absolute Gasteiger partial charge is 0.334 e. The van der Waals surface area contributed by atoms with Crippen molar-refractivity contribution in [3.8, 4) is 0 Å². The molecule has 126 valence electrons. The van der Waals surface area contributed by atoms with Crippen molar-refractivity contribution in [2.24, 2.45) is 17.3 Å². The molecule has 0 amide bonds. The second-order valence-electron chi connectivity index (χ2n) is 8.22. The summed E-state index contributed by atoms with van der Waals surface area (Å²) in [6.45, 7) is 8.80. The molecular formula is C22H26O2. The SMILES string of the molecule is C=C1CCC[C@]2(C)C[C@H]3OC(=O)/C(=C/c4ccc(C)cc4)[C@H]3C[C@@H]12. The van der Waals surface area contributed by atoms with E-state index in [9.17, 15) is 4.79 Å². The molecule has 0 bridgehead atoms. The highest BCUT2D eigenvalue weighted by atomic mass is 16.6. The lowest BCUT2D eigenvalue weighted by Crippen LogP contribution is -2.43. The summed E-state index contributed by atoms with van der Waals surface area (Å²) in [7, 11) is 0. The van der Waals surface area contributed by atoms with Crippen LogP contribution in [0.2, 0.25) is 0 Å². The van der Waals surface area contributed by atoms with Gasteiger partial charge >= 0.3 is 5.97 Å². The van der Waals surface area contributed by atoms with Crippen LogP contribution in [0.5, 0.6) is 0 Å². The standard InChI is InChI=1S/C22H26O2/c1-14-6-8-16(9-7-14)11-18-17-12-19-15(2)5-4-10-22(19,3)13-20(17)24-21(18)23/h6-9,11,17,19-20H,2,4-5,10,12-13H2,1,3H3/b18-11+/t17-,19+,20-,22-/m1/s1. The normalized spacial score (nSPS) is 37.1. The van der Waals surface area contributed by atoms with E-state index in [-0.39, 0.29) is 23.4 Å². The monoisotopic (exact) mass is 322 g/mol. The van der Waals surface area contributed by atoms with E-state index >= 15 is 0 Å². The predicted molar refractivity (Wildman–Crippen MR) is 96.3 cm³/mol. The van der Waals surface area contributed by atoms with Crippen molar-refractivity contribution in [3.05, 3.63) is 53.1 Å². The summed E-state index contributed by atoms with van der Waals surface area (Å²) >= 11 is 0. The molecule has 4 atom stereocenters. The van der Waals surface area contributed by atoms with Crippen LogP contribution in [-0.2, 0) is 9.53 Å². The Morgan fingerprint density at radius 3 is 2.79 bits per heavy atom. The fourth-order valence-electron chi connectivity index (χ4n) is 5.08. The van der Waals surface area contributed by atoms with Gasteiger partial charge in [-0.2, -0.15) is 0 Å². The number of rotatable bonds is 1. The van der Waals surface area contributed by atoms with Crippen LogP contribution in [0.25, 0.3) is 6.08 Å². The summed E-state index contributed by atoms with van der Waals surface area (Å²) in [5, 5.41) is 0. The van der Waals surface area contributed by atoms with Gasteiger partial charge in [-0.3, -0.25) is 0 Å². The maximum Gasteiger partial charge on any atom is 0.334 e. The van der Waals surface area contributed by atoms with Crippen molar-refractivity contribution in [3.63, 3.8) is 0 Å². The van der Waals surface area contributed by atoms with Gasteiger partial charge < -0.3 is 4.74 Å². The van der Waals surface area contributed by atoms with Gasteiger partial charge in [-0.15, -0.1) is 0 Å². The largest absolute Gasteiger partial charge is 0.458 e. The second kappa shape index (κ2) is 5.61. The Bertz CT molecular complexity index is 712. The maximum absolute atomic E-state index is 12.5. The lowest BCUT2D eigenvalue weighted by molar-refractivity contribution is -0.142. The highest BCUT2D eigenvalue weighted by Crippen LogP contribution is 2.56. The first kappa shape index (κ1) is 15.7. The minimum Gasteiger partial charge on any atom is -0.458 e. The van der Waals surface area contributed by atoms with Gasteiger partial charge in [-0.1, -0.05) is 48.9 Å². The Kier molecular flexibility index (Phi) is 3.67. The first-order valence-electron chi connectivity index (χ1n) is 9.13. The maximum atomic E-state index is 12.5. The van der Waals surface area contributed by atoms with Crippen LogP contribution in [-0.4, -0.2) is 12.1 Å². The van der Waals surface area contributed by atoms with Crippen LogP contribution in [0.1, 0.15) is 50.2 Å². The van der Waals surface area contributed by atoms with Crippen LogP contribution in [0.4, 0.5) is 0 Å². The Morgan fingerprint density at radius 2 is 2.04 bits per heavy atom. The molecular weight excluding hydrogens is 296 g/mol. The molecule has 1 aromatic carbocycles. The number of ether oxygens (including phenoxy) is 1. The molecule has 0 N–H and O–H groups in total. The fourth-order valence-corrected chi connectivity index (χ4v) is 5.08. The van der Waals surface area contributed by atoms with Crippen molar-refractivity contribution in [2.45, 2.75) is 52.1 Å². The Hall–Kier alpha value is -1.83. The number of carbonyl (C=O) groups excluding carboxylic acids is 1. The molecule has 3 aliphatic rings. The van der Waals surface area contributed by atoms with E-state index in [0.29, 0.717) is 5.92 Å². The zero-order valence-corrected chi connectivity index (χ0v) is 14.7. The number of allylic oxidation sites excluding steroid dienone is 1. The molecule has 3 fully saturated rings. The highest BCUT2D eigenvalue weighted by Gasteiger charge is 2.53. The number of carbonyl (C=O) groups is 1. The third kappa shape index (κ3) is 2.53. The molecule has 2 saturated carbocycles. The fraction of sp³-hybridized carbons (Fsp3) is 0.500. The molecule has 0 aromatic heterocycles. The van der Waals surface area contributed by atoms with Gasteiger partial charge in [-0.05, 0) is 62.0 Å². The van der Waals surface area contributed by atoms with Crippen molar-refractivity contribution < 1.29 is 9.53 Å². The number of benzene rings is 1. The molecule has 0 unspecified atom stereocenters. The first-order chi connectivity index (χ1) is 11.5.